The van der Waals surface area contributed by atoms with E-state index in [2.05, 4.69) is 0 Å². The first kappa shape index (κ1) is 11.5. The summed E-state index contributed by atoms with van der Waals surface area (Å²) in [5.74, 6) is 0.412. The number of halogens is 1. The first-order valence-corrected chi connectivity index (χ1v) is 4.87. The summed E-state index contributed by atoms with van der Waals surface area (Å²) in [4.78, 5) is 0. The zero-order valence-electron chi connectivity index (χ0n) is 8.66. The van der Waals surface area contributed by atoms with Crippen LogP contribution >= 0.6 is 0 Å². The van der Waals surface area contributed by atoms with Crippen LogP contribution in [0, 0.1) is 11.2 Å². The Hall–Kier alpha value is -1.58. The molecule has 1 aromatic rings. The van der Waals surface area contributed by atoms with Crippen molar-refractivity contribution in [3.63, 3.8) is 0 Å². The van der Waals surface area contributed by atoms with E-state index in [1.54, 1.807) is 12.1 Å². The molecule has 0 aliphatic carbocycles. The number of ether oxygens (including phenoxy) is 1. The van der Waals surface area contributed by atoms with E-state index in [0.29, 0.717) is 12.2 Å². The highest BCUT2D eigenvalue weighted by Gasteiger charge is 2.09. The van der Waals surface area contributed by atoms with Crippen molar-refractivity contribution < 1.29 is 9.13 Å². The smallest absolute Gasteiger partial charge is 0.123 e. The second kappa shape index (κ2) is 5.34. The second-order valence-electron chi connectivity index (χ2n) is 3.33. The summed E-state index contributed by atoms with van der Waals surface area (Å²) in [5.41, 5.74) is 5.29. The van der Waals surface area contributed by atoms with Gasteiger partial charge in [-0.05, 0) is 30.7 Å². The molecule has 15 heavy (non-hydrogen) atoms. The van der Waals surface area contributed by atoms with Crippen LogP contribution in [0.3, 0.4) is 0 Å². The molecule has 0 spiro atoms. The third-order valence-corrected chi connectivity index (χ3v) is 2.02. The fourth-order valence-corrected chi connectivity index (χ4v) is 1.22. The zero-order chi connectivity index (χ0) is 11.3. The summed E-state index contributed by atoms with van der Waals surface area (Å²) in [6.45, 7) is 1.96. The first-order valence-electron chi connectivity index (χ1n) is 4.87. The molecule has 1 aromatic carbocycles. The molecular formula is C11H15FN2O. The van der Waals surface area contributed by atoms with Crippen molar-refractivity contribution in [1.82, 2.24) is 0 Å². The van der Waals surface area contributed by atoms with Gasteiger partial charge in [0.2, 0.25) is 0 Å². The van der Waals surface area contributed by atoms with E-state index >= 15 is 0 Å². The van der Waals surface area contributed by atoms with Crippen molar-refractivity contribution in [3.05, 3.63) is 30.1 Å². The molecule has 0 fully saturated rings. The SMILES string of the molecule is CCC(CC(=N)N)Oc1ccc(F)cc1. The van der Waals surface area contributed by atoms with E-state index in [1.165, 1.54) is 12.1 Å². The summed E-state index contributed by atoms with van der Waals surface area (Å²) in [7, 11) is 0. The van der Waals surface area contributed by atoms with Crippen LogP contribution in [0.15, 0.2) is 24.3 Å². The minimum absolute atomic E-state index is 0.101. The number of nitrogens with two attached hydrogens (primary N) is 1. The highest BCUT2D eigenvalue weighted by molar-refractivity contribution is 5.77. The van der Waals surface area contributed by atoms with Gasteiger partial charge in [0, 0.05) is 6.42 Å². The highest BCUT2D eigenvalue weighted by Crippen LogP contribution is 2.15. The van der Waals surface area contributed by atoms with Gasteiger partial charge in [0.15, 0.2) is 0 Å². The van der Waals surface area contributed by atoms with E-state index in [-0.39, 0.29) is 17.8 Å². The van der Waals surface area contributed by atoms with Gasteiger partial charge in [0.25, 0.3) is 0 Å². The van der Waals surface area contributed by atoms with E-state index in [0.717, 1.165) is 6.42 Å². The molecule has 0 saturated carbocycles. The number of hydrogen-bond acceptors (Lipinski definition) is 2. The molecule has 0 amide bonds. The van der Waals surface area contributed by atoms with Crippen LogP contribution in [0.25, 0.3) is 0 Å². The Morgan fingerprint density at radius 2 is 2.07 bits per heavy atom. The molecule has 0 aromatic heterocycles. The van der Waals surface area contributed by atoms with Crippen molar-refractivity contribution in [1.29, 1.82) is 5.41 Å². The monoisotopic (exact) mass is 210 g/mol. The number of benzene rings is 1. The molecule has 0 heterocycles. The predicted octanol–water partition coefficient (Wildman–Crippen LogP) is 2.31. The first-order chi connectivity index (χ1) is 7.11. The maximum absolute atomic E-state index is 12.6. The molecule has 1 atom stereocenters. The summed E-state index contributed by atoms with van der Waals surface area (Å²) < 4.78 is 18.1. The lowest BCUT2D eigenvalue weighted by molar-refractivity contribution is 0.204. The second-order valence-corrected chi connectivity index (χ2v) is 3.33. The number of nitrogens with one attached hydrogen (secondary N) is 1. The Kier molecular flexibility index (Phi) is 4.09. The van der Waals surface area contributed by atoms with E-state index in [9.17, 15) is 4.39 Å². The van der Waals surface area contributed by atoms with E-state index < -0.39 is 0 Å². The minimum Gasteiger partial charge on any atom is -0.490 e. The molecule has 3 N–H and O–H groups in total. The third kappa shape index (κ3) is 3.97. The molecule has 0 aliphatic heterocycles. The van der Waals surface area contributed by atoms with Crippen LogP contribution in [0.2, 0.25) is 0 Å². The summed E-state index contributed by atoms with van der Waals surface area (Å²) in [5, 5.41) is 7.17. The normalized spacial score (nSPS) is 12.1. The molecule has 82 valence electrons. The van der Waals surface area contributed by atoms with Crippen LogP contribution in [0.4, 0.5) is 4.39 Å². The summed E-state index contributed by atoms with van der Waals surface area (Å²) in [6, 6.07) is 5.82. The highest BCUT2D eigenvalue weighted by atomic mass is 19.1. The molecule has 3 nitrogen and oxygen atoms in total. The molecule has 4 heteroatoms. The van der Waals surface area contributed by atoms with Gasteiger partial charge < -0.3 is 10.5 Å². The Bertz CT molecular complexity index is 324. The zero-order valence-corrected chi connectivity index (χ0v) is 8.66. The fraction of sp³-hybridized carbons (Fsp3) is 0.364. The average molecular weight is 210 g/mol. The largest absolute Gasteiger partial charge is 0.490 e. The van der Waals surface area contributed by atoms with Crippen molar-refractivity contribution >= 4 is 5.84 Å². The fourth-order valence-electron chi connectivity index (χ4n) is 1.22. The van der Waals surface area contributed by atoms with E-state index in [1.807, 2.05) is 6.92 Å². The van der Waals surface area contributed by atoms with E-state index in [4.69, 9.17) is 15.9 Å². The van der Waals surface area contributed by atoms with Gasteiger partial charge in [-0.1, -0.05) is 6.92 Å². The van der Waals surface area contributed by atoms with Gasteiger partial charge in [0.05, 0.1) is 5.84 Å². The molecule has 0 radical (unpaired) electrons. The lowest BCUT2D eigenvalue weighted by Crippen LogP contribution is -2.23. The summed E-state index contributed by atoms with van der Waals surface area (Å²) in [6.07, 6.45) is 1.04. The topological polar surface area (TPSA) is 59.1 Å². The lowest BCUT2D eigenvalue weighted by atomic mass is 10.2. The van der Waals surface area contributed by atoms with Crippen LogP contribution in [-0.2, 0) is 0 Å². The molecule has 1 rings (SSSR count). The van der Waals surface area contributed by atoms with Gasteiger partial charge in [0.1, 0.15) is 17.7 Å². The maximum atomic E-state index is 12.6. The Morgan fingerprint density at radius 3 is 2.53 bits per heavy atom. The van der Waals surface area contributed by atoms with Crippen LogP contribution in [0.1, 0.15) is 19.8 Å². The van der Waals surface area contributed by atoms with Crippen molar-refractivity contribution in [2.24, 2.45) is 5.73 Å². The Balaban J connectivity index is 2.58. The quantitative estimate of drug-likeness (QED) is 0.578. The number of rotatable bonds is 5. The summed E-state index contributed by atoms with van der Waals surface area (Å²) >= 11 is 0. The lowest BCUT2D eigenvalue weighted by Gasteiger charge is -2.16. The molecule has 0 bridgehead atoms. The third-order valence-electron chi connectivity index (χ3n) is 2.02. The molecular weight excluding hydrogens is 195 g/mol. The standard InChI is InChI=1S/C11H15FN2O/c1-2-9(7-11(13)14)15-10-5-3-8(12)4-6-10/h3-6,9H,2,7H2,1H3,(H3,13,14). The van der Waals surface area contributed by atoms with Crippen LogP contribution in [0.5, 0.6) is 5.75 Å². The Morgan fingerprint density at radius 1 is 1.47 bits per heavy atom. The van der Waals surface area contributed by atoms with Gasteiger partial charge in [-0.25, -0.2) is 4.39 Å². The Labute approximate surface area is 88.6 Å². The van der Waals surface area contributed by atoms with Crippen LogP contribution in [-0.4, -0.2) is 11.9 Å². The molecule has 0 saturated heterocycles. The number of amidine groups is 1. The minimum atomic E-state index is -0.290. The van der Waals surface area contributed by atoms with Crippen LogP contribution < -0.4 is 10.5 Å². The van der Waals surface area contributed by atoms with Gasteiger partial charge in [-0.15, -0.1) is 0 Å². The van der Waals surface area contributed by atoms with Gasteiger partial charge in [-0.2, -0.15) is 0 Å². The van der Waals surface area contributed by atoms with Crippen molar-refractivity contribution in [2.75, 3.05) is 0 Å². The number of hydrogen-bond donors (Lipinski definition) is 2. The maximum Gasteiger partial charge on any atom is 0.123 e. The predicted molar refractivity (Wildman–Crippen MR) is 57.6 cm³/mol. The molecule has 0 aliphatic rings. The van der Waals surface area contributed by atoms with Gasteiger partial charge in [-0.3, -0.25) is 5.41 Å². The average Bonchev–Trinajstić information content (AvgIpc) is 2.19. The van der Waals surface area contributed by atoms with Crippen molar-refractivity contribution in [3.8, 4) is 5.75 Å². The molecule has 1 unspecified atom stereocenters. The van der Waals surface area contributed by atoms with Crippen molar-refractivity contribution in [2.45, 2.75) is 25.9 Å². The van der Waals surface area contributed by atoms with Gasteiger partial charge >= 0.3 is 0 Å².